The van der Waals surface area contributed by atoms with E-state index in [1.807, 2.05) is 35.3 Å². The van der Waals surface area contributed by atoms with Crippen LogP contribution in [0.5, 0.6) is 0 Å². The number of fused-ring (bicyclic) bond motifs is 1. The third-order valence-corrected chi connectivity index (χ3v) is 5.77. The highest BCUT2D eigenvalue weighted by Crippen LogP contribution is 2.41. The maximum atomic E-state index is 12.7. The summed E-state index contributed by atoms with van der Waals surface area (Å²) in [6, 6.07) is 13.4. The van der Waals surface area contributed by atoms with Gasteiger partial charge >= 0.3 is 5.97 Å². The second kappa shape index (κ2) is 7.72. The van der Waals surface area contributed by atoms with Crippen molar-refractivity contribution >= 4 is 35.1 Å². The van der Waals surface area contributed by atoms with E-state index in [-0.39, 0.29) is 5.91 Å². The molecule has 6 nitrogen and oxygen atoms in total. The van der Waals surface area contributed by atoms with Crippen molar-refractivity contribution in [3.8, 4) is 0 Å². The minimum atomic E-state index is -0.701. The molecule has 1 amide bonds. The molecule has 2 aliphatic heterocycles. The molecule has 0 unspecified atom stereocenters. The van der Waals surface area contributed by atoms with E-state index in [1.54, 1.807) is 23.2 Å². The van der Waals surface area contributed by atoms with Gasteiger partial charge in [-0.25, -0.2) is 5.01 Å². The van der Waals surface area contributed by atoms with Crippen LogP contribution in [-0.4, -0.2) is 41.6 Å². The quantitative estimate of drug-likeness (QED) is 0.772. The number of hydrogen-bond donors (Lipinski definition) is 1. The molecule has 0 aromatic heterocycles. The van der Waals surface area contributed by atoms with Crippen LogP contribution in [0.15, 0.2) is 48.5 Å². The summed E-state index contributed by atoms with van der Waals surface area (Å²) >= 11 is 12.5. The number of ether oxygens (including phenoxy) is 1. The molecular weight excluding hydrogens is 401 g/mol. The molecule has 2 aromatic rings. The Balaban J connectivity index is 1.81. The smallest absolute Gasteiger partial charge is 0.325 e. The molecule has 0 saturated carbocycles. The van der Waals surface area contributed by atoms with Crippen LogP contribution in [0.3, 0.4) is 0 Å². The highest BCUT2D eigenvalue weighted by molar-refractivity contribution is 6.31. The molecule has 2 saturated heterocycles. The van der Waals surface area contributed by atoms with E-state index < -0.39 is 24.2 Å². The summed E-state index contributed by atoms with van der Waals surface area (Å²) in [4.78, 5) is 25.4. The summed E-state index contributed by atoms with van der Waals surface area (Å²) < 4.78 is 5.06. The standard InChI is InChI=1S/C20H19Cl2N3O3/c1-28-20(27)17-18(14-4-2-3-5-15(14)22)24-11-10-16(26)25(24)19(23-17)12-6-8-13(21)9-7-12/h2-9,17-19,23H,10-11H2,1H3/t17-,18+,19+/m0/s1. The first-order valence-corrected chi connectivity index (χ1v) is 9.69. The van der Waals surface area contributed by atoms with Gasteiger partial charge in [-0.3, -0.25) is 19.9 Å². The lowest BCUT2D eigenvalue weighted by molar-refractivity contribution is -0.173. The Morgan fingerprint density at radius 2 is 1.86 bits per heavy atom. The number of rotatable bonds is 3. The summed E-state index contributed by atoms with van der Waals surface area (Å²) in [7, 11) is 1.35. The van der Waals surface area contributed by atoms with E-state index in [1.165, 1.54) is 7.11 Å². The molecule has 0 spiro atoms. The molecule has 146 valence electrons. The first kappa shape index (κ1) is 19.2. The second-order valence-electron chi connectivity index (χ2n) is 6.74. The van der Waals surface area contributed by atoms with Gasteiger partial charge in [-0.15, -0.1) is 0 Å². The topological polar surface area (TPSA) is 61.9 Å². The van der Waals surface area contributed by atoms with E-state index in [0.29, 0.717) is 23.0 Å². The van der Waals surface area contributed by atoms with Gasteiger partial charge in [0.05, 0.1) is 13.2 Å². The third-order valence-electron chi connectivity index (χ3n) is 5.17. The molecule has 28 heavy (non-hydrogen) atoms. The van der Waals surface area contributed by atoms with Crippen LogP contribution in [0.4, 0.5) is 0 Å². The van der Waals surface area contributed by atoms with Gasteiger partial charge in [0.2, 0.25) is 5.91 Å². The SMILES string of the molecule is COC(=O)[C@H]1N[C@@H](c2ccc(Cl)cc2)N2C(=O)CCN2[C@@H]1c1ccccc1Cl. The number of halogens is 2. The summed E-state index contributed by atoms with van der Waals surface area (Å²) in [5, 5.41) is 8.03. The zero-order valence-corrected chi connectivity index (χ0v) is 16.7. The van der Waals surface area contributed by atoms with Crippen LogP contribution in [0, 0.1) is 0 Å². The molecule has 2 aliphatic rings. The summed E-state index contributed by atoms with van der Waals surface area (Å²) in [5.74, 6) is -0.435. The van der Waals surface area contributed by atoms with E-state index in [0.717, 1.165) is 11.1 Å². The van der Waals surface area contributed by atoms with Gasteiger partial charge in [0.15, 0.2) is 0 Å². The van der Waals surface area contributed by atoms with Crippen molar-refractivity contribution in [2.45, 2.75) is 24.7 Å². The number of nitrogens with zero attached hydrogens (tertiary/aromatic N) is 2. The normalized spacial score (nSPS) is 24.9. The van der Waals surface area contributed by atoms with Crippen molar-refractivity contribution in [2.24, 2.45) is 0 Å². The Bertz CT molecular complexity index is 906. The highest BCUT2D eigenvalue weighted by Gasteiger charge is 2.50. The van der Waals surface area contributed by atoms with Gasteiger partial charge < -0.3 is 4.74 Å². The predicted octanol–water partition coefficient (Wildman–Crippen LogP) is 3.33. The average Bonchev–Trinajstić information content (AvgIpc) is 3.09. The summed E-state index contributed by atoms with van der Waals surface area (Å²) in [6.45, 7) is 0.494. The van der Waals surface area contributed by atoms with Gasteiger partial charge in [-0.05, 0) is 29.3 Å². The number of amides is 1. The number of hydrogen-bond acceptors (Lipinski definition) is 5. The Hall–Kier alpha value is -2.12. The van der Waals surface area contributed by atoms with Gasteiger partial charge in [0.25, 0.3) is 0 Å². The number of nitrogens with one attached hydrogen (secondary N) is 1. The van der Waals surface area contributed by atoms with Crippen molar-refractivity contribution in [1.82, 2.24) is 15.3 Å². The highest BCUT2D eigenvalue weighted by atomic mass is 35.5. The molecule has 1 N–H and O–H groups in total. The van der Waals surface area contributed by atoms with Crippen molar-refractivity contribution in [3.63, 3.8) is 0 Å². The maximum absolute atomic E-state index is 12.7. The fourth-order valence-corrected chi connectivity index (χ4v) is 4.28. The summed E-state index contributed by atoms with van der Waals surface area (Å²) in [6.07, 6.45) is -0.143. The maximum Gasteiger partial charge on any atom is 0.325 e. The lowest BCUT2D eigenvalue weighted by atomic mass is 9.95. The van der Waals surface area contributed by atoms with Crippen LogP contribution in [0.25, 0.3) is 0 Å². The fourth-order valence-electron chi connectivity index (χ4n) is 3.91. The van der Waals surface area contributed by atoms with Crippen molar-refractivity contribution < 1.29 is 14.3 Å². The van der Waals surface area contributed by atoms with Crippen LogP contribution < -0.4 is 5.32 Å². The molecule has 0 bridgehead atoms. The summed E-state index contributed by atoms with van der Waals surface area (Å²) in [5.41, 5.74) is 1.59. The molecule has 2 fully saturated rings. The molecule has 8 heteroatoms. The van der Waals surface area contributed by atoms with E-state index in [2.05, 4.69) is 5.32 Å². The Morgan fingerprint density at radius 3 is 2.54 bits per heavy atom. The lowest BCUT2D eigenvalue weighted by Gasteiger charge is -2.48. The molecule has 0 aliphatic carbocycles. The Labute approximate surface area is 172 Å². The van der Waals surface area contributed by atoms with Crippen molar-refractivity contribution in [2.75, 3.05) is 13.7 Å². The van der Waals surface area contributed by atoms with Crippen LogP contribution in [-0.2, 0) is 14.3 Å². The van der Waals surface area contributed by atoms with Crippen LogP contribution in [0.1, 0.15) is 29.8 Å². The Kier molecular flexibility index (Phi) is 5.29. The number of esters is 1. The van der Waals surface area contributed by atoms with Gasteiger partial charge in [0, 0.05) is 23.0 Å². The molecule has 0 radical (unpaired) electrons. The minimum Gasteiger partial charge on any atom is -0.468 e. The van der Waals surface area contributed by atoms with Crippen molar-refractivity contribution in [1.29, 1.82) is 0 Å². The van der Waals surface area contributed by atoms with E-state index >= 15 is 0 Å². The minimum absolute atomic E-state index is 0.0205. The van der Waals surface area contributed by atoms with Gasteiger partial charge in [-0.2, -0.15) is 0 Å². The lowest BCUT2D eigenvalue weighted by Crippen LogP contribution is -2.63. The molecular formula is C20H19Cl2N3O3. The van der Waals surface area contributed by atoms with Crippen LogP contribution >= 0.6 is 23.2 Å². The first-order chi connectivity index (χ1) is 13.5. The third kappa shape index (κ3) is 3.26. The molecule has 2 heterocycles. The predicted molar refractivity (Wildman–Crippen MR) is 105 cm³/mol. The number of methoxy groups -OCH3 is 1. The number of hydrazine groups is 1. The fraction of sp³-hybridized carbons (Fsp3) is 0.300. The number of carbonyl (C=O) groups is 2. The zero-order valence-electron chi connectivity index (χ0n) is 15.1. The van der Waals surface area contributed by atoms with Crippen molar-refractivity contribution in [3.05, 3.63) is 69.7 Å². The monoisotopic (exact) mass is 419 g/mol. The van der Waals surface area contributed by atoms with Gasteiger partial charge in [0.1, 0.15) is 12.2 Å². The first-order valence-electron chi connectivity index (χ1n) is 8.93. The van der Waals surface area contributed by atoms with E-state index in [9.17, 15) is 9.59 Å². The molecule has 2 aromatic carbocycles. The molecule has 4 rings (SSSR count). The molecule has 3 atom stereocenters. The largest absolute Gasteiger partial charge is 0.468 e. The average molecular weight is 420 g/mol. The zero-order chi connectivity index (χ0) is 19.8. The van der Waals surface area contributed by atoms with E-state index in [4.69, 9.17) is 27.9 Å². The number of benzene rings is 2. The van der Waals surface area contributed by atoms with Crippen LogP contribution in [0.2, 0.25) is 10.0 Å². The Morgan fingerprint density at radius 1 is 1.14 bits per heavy atom. The van der Waals surface area contributed by atoms with Gasteiger partial charge in [-0.1, -0.05) is 53.5 Å². The second-order valence-corrected chi connectivity index (χ2v) is 7.58. The number of carbonyl (C=O) groups excluding carboxylic acids is 2.